The van der Waals surface area contributed by atoms with Crippen molar-refractivity contribution in [3.05, 3.63) is 29.3 Å². The quantitative estimate of drug-likeness (QED) is 0.880. The highest BCUT2D eigenvalue weighted by Gasteiger charge is 2.21. The zero-order valence-electron chi connectivity index (χ0n) is 9.97. The van der Waals surface area contributed by atoms with Crippen LogP contribution >= 0.6 is 0 Å². The third kappa shape index (κ3) is 3.40. The molecule has 0 radical (unpaired) electrons. The maximum Gasteiger partial charge on any atom is 0.150 e. The minimum atomic E-state index is -0.786. The van der Waals surface area contributed by atoms with E-state index in [1.165, 1.54) is 7.11 Å². The van der Waals surface area contributed by atoms with E-state index >= 15 is 0 Å². The van der Waals surface area contributed by atoms with E-state index in [0.29, 0.717) is 6.61 Å². The number of benzene rings is 1. The van der Waals surface area contributed by atoms with Crippen LogP contribution in [0, 0.1) is 23.0 Å². The van der Waals surface area contributed by atoms with Gasteiger partial charge in [0.05, 0.1) is 23.8 Å². The van der Waals surface area contributed by atoms with Crippen molar-refractivity contribution in [1.29, 1.82) is 5.26 Å². The highest BCUT2D eigenvalue weighted by atomic mass is 19.1. The molecule has 5 heteroatoms. The summed E-state index contributed by atoms with van der Waals surface area (Å²) in [7, 11) is 1.51. The van der Waals surface area contributed by atoms with Gasteiger partial charge in [-0.3, -0.25) is 0 Å². The fourth-order valence-corrected chi connectivity index (χ4v) is 1.49. The molecule has 3 nitrogen and oxygen atoms in total. The number of methoxy groups -OCH3 is 1. The van der Waals surface area contributed by atoms with E-state index in [4.69, 9.17) is 10.00 Å². The van der Waals surface area contributed by atoms with Crippen LogP contribution in [-0.2, 0) is 4.74 Å². The van der Waals surface area contributed by atoms with Crippen molar-refractivity contribution < 1.29 is 13.5 Å². The molecular formula is C12H14F2N2O. The van der Waals surface area contributed by atoms with Crippen LogP contribution in [0.25, 0.3) is 0 Å². The largest absolute Gasteiger partial charge is 0.382 e. The first-order valence-corrected chi connectivity index (χ1v) is 5.06. The van der Waals surface area contributed by atoms with E-state index in [0.717, 1.165) is 12.1 Å². The van der Waals surface area contributed by atoms with Crippen molar-refractivity contribution in [3.8, 4) is 6.07 Å². The molecule has 0 heterocycles. The van der Waals surface area contributed by atoms with Crippen molar-refractivity contribution >= 4 is 5.69 Å². The molecule has 0 saturated carbocycles. The van der Waals surface area contributed by atoms with Crippen molar-refractivity contribution in [2.24, 2.45) is 0 Å². The molecule has 0 aliphatic carbocycles. The summed E-state index contributed by atoms with van der Waals surface area (Å²) in [5.41, 5.74) is -0.897. The number of ether oxygens (including phenoxy) is 1. The minimum absolute atomic E-state index is 0.0462. The Hall–Kier alpha value is -1.67. The first-order chi connectivity index (χ1) is 7.89. The van der Waals surface area contributed by atoms with Crippen molar-refractivity contribution in [2.75, 3.05) is 19.0 Å². The molecule has 0 fully saturated rings. The molecule has 0 aliphatic heterocycles. The number of halogens is 2. The fraction of sp³-hybridized carbons (Fsp3) is 0.417. The Morgan fingerprint density at radius 2 is 1.88 bits per heavy atom. The van der Waals surface area contributed by atoms with Crippen molar-refractivity contribution in [1.82, 2.24) is 0 Å². The maximum atomic E-state index is 13.6. The molecule has 0 bridgehead atoms. The van der Waals surface area contributed by atoms with Gasteiger partial charge in [0, 0.05) is 7.11 Å². The normalized spacial score (nSPS) is 11.1. The van der Waals surface area contributed by atoms with Gasteiger partial charge < -0.3 is 10.1 Å². The Kier molecular flexibility index (Phi) is 4.02. The summed E-state index contributed by atoms with van der Waals surface area (Å²) in [6, 6.07) is 3.68. The summed E-state index contributed by atoms with van der Waals surface area (Å²) in [5, 5.41) is 11.3. The number of nitrogens with zero attached hydrogens (tertiary/aromatic N) is 1. The van der Waals surface area contributed by atoms with Gasteiger partial charge in [-0.2, -0.15) is 5.26 Å². The second-order valence-corrected chi connectivity index (χ2v) is 4.37. The van der Waals surface area contributed by atoms with Crippen LogP contribution in [0.15, 0.2) is 12.1 Å². The lowest BCUT2D eigenvalue weighted by Crippen LogP contribution is -2.36. The van der Waals surface area contributed by atoms with E-state index in [1.54, 1.807) is 19.9 Å². The third-order valence-electron chi connectivity index (χ3n) is 2.14. The zero-order chi connectivity index (χ0) is 13.1. The molecule has 17 heavy (non-hydrogen) atoms. The highest BCUT2D eigenvalue weighted by Crippen LogP contribution is 2.24. The van der Waals surface area contributed by atoms with Gasteiger partial charge in [0.2, 0.25) is 0 Å². The first kappa shape index (κ1) is 13.4. The molecule has 1 rings (SSSR count). The molecule has 0 saturated heterocycles. The number of hydrogen-bond donors (Lipinski definition) is 1. The molecule has 0 amide bonds. The summed E-state index contributed by atoms with van der Waals surface area (Å²) in [5.74, 6) is -1.57. The number of hydrogen-bond acceptors (Lipinski definition) is 3. The minimum Gasteiger partial charge on any atom is -0.382 e. The monoisotopic (exact) mass is 240 g/mol. The Balaban J connectivity index is 3.04. The van der Waals surface area contributed by atoms with Crippen LogP contribution in [0.3, 0.4) is 0 Å². The Morgan fingerprint density at radius 3 is 2.29 bits per heavy atom. The van der Waals surface area contributed by atoms with Gasteiger partial charge >= 0.3 is 0 Å². The van der Waals surface area contributed by atoms with Gasteiger partial charge in [0.25, 0.3) is 0 Å². The van der Waals surface area contributed by atoms with Crippen molar-refractivity contribution in [2.45, 2.75) is 19.4 Å². The molecular weight excluding hydrogens is 226 g/mol. The van der Waals surface area contributed by atoms with Crippen LogP contribution in [0.4, 0.5) is 14.5 Å². The molecule has 92 valence electrons. The summed E-state index contributed by atoms with van der Waals surface area (Å²) in [6.07, 6.45) is 0. The standard InChI is InChI=1S/C12H14F2N2O/c1-12(2,7-17-3)16-11-9(13)4-8(6-15)5-10(11)14/h4-5,16H,7H2,1-3H3. The van der Waals surface area contributed by atoms with Crippen LogP contribution in [0.1, 0.15) is 19.4 Å². The van der Waals surface area contributed by atoms with Crippen molar-refractivity contribution in [3.63, 3.8) is 0 Å². The molecule has 0 spiro atoms. The Morgan fingerprint density at radius 1 is 1.35 bits per heavy atom. The van der Waals surface area contributed by atoms with E-state index in [1.807, 2.05) is 0 Å². The SMILES string of the molecule is COCC(C)(C)Nc1c(F)cc(C#N)cc1F. The lowest BCUT2D eigenvalue weighted by molar-refractivity contribution is 0.158. The highest BCUT2D eigenvalue weighted by molar-refractivity contribution is 5.51. The number of rotatable bonds is 4. The number of nitrogens with one attached hydrogen (secondary N) is 1. The third-order valence-corrected chi connectivity index (χ3v) is 2.14. The summed E-state index contributed by atoms with van der Waals surface area (Å²) < 4.78 is 32.1. The predicted octanol–water partition coefficient (Wildman–Crippen LogP) is 2.67. The molecule has 0 aliphatic rings. The molecule has 1 N–H and O–H groups in total. The molecule has 0 atom stereocenters. The molecule has 0 aromatic heterocycles. The number of anilines is 1. The zero-order valence-corrected chi connectivity index (χ0v) is 9.97. The van der Waals surface area contributed by atoms with E-state index in [2.05, 4.69) is 5.32 Å². The summed E-state index contributed by atoms with van der Waals surface area (Å²) in [6.45, 7) is 3.81. The van der Waals surface area contributed by atoms with Crippen LogP contribution in [0.5, 0.6) is 0 Å². The van der Waals surface area contributed by atoms with E-state index in [-0.39, 0.29) is 11.3 Å². The van der Waals surface area contributed by atoms with Gasteiger partial charge in [-0.05, 0) is 26.0 Å². The topological polar surface area (TPSA) is 45.0 Å². The van der Waals surface area contributed by atoms with Gasteiger partial charge in [0.1, 0.15) is 5.69 Å². The Labute approximate surface area is 99.0 Å². The molecule has 1 aromatic carbocycles. The summed E-state index contributed by atoms with van der Waals surface area (Å²) >= 11 is 0. The Bertz CT molecular complexity index is 429. The van der Waals surface area contributed by atoms with Gasteiger partial charge in [0.15, 0.2) is 11.6 Å². The molecule has 1 aromatic rings. The maximum absolute atomic E-state index is 13.6. The lowest BCUT2D eigenvalue weighted by atomic mass is 10.1. The fourth-order valence-electron chi connectivity index (χ4n) is 1.49. The van der Waals surface area contributed by atoms with Crippen LogP contribution < -0.4 is 5.32 Å². The van der Waals surface area contributed by atoms with Gasteiger partial charge in [-0.15, -0.1) is 0 Å². The molecule has 0 unspecified atom stereocenters. The van der Waals surface area contributed by atoms with Crippen LogP contribution in [0.2, 0.25) is 0 Å². The van der Waals surface area contributed by atoms with E-state index < -0.39 is 17.2 Å². The second-order valence-electron chi connectivity index (χ2n) is 4.37. The average molecular weight is 240 g/mol. The smallest absolute Gasteiger partial charge is 0.150 e. The number of nitriles is 1. The first-order valence-electron chi connectivity index (χ1n) is 5.06. The average Bonchev–Trinajstić information content (AvgIpc) is 2.23. The lowest BCUT2D eigenvalue weighted by Gasteiger charge is -2.27. The van der Waals surface area contributed by atoms with Crippen LogP contribution in [-0.4, -0.2) is 19.3 Å². The second kappa shape index (κ2) is 5.11. The van der Waals surface area contributed by atoms with E-state index in [9.17, 15) is 8.78 Å². The summed E-state index contributed by atoms with van der Waals surface area (Å²) in [4.78, 5) is 0. The predicted molar refractivity (Wildman–Crippen MR) is 60.7 cm³/mol. The van der Waals surface area contributed by atoms with Gasteiger partial charge in [-0.25, -0.2) is 8.78 Å². The van der Waals surface area contributed by atoms with Gasteiger partial charge in [-0.1, -0.05) is 0 Å².